The van der Waals surface area contributed by atoms with Crippen molar-refractivity contribution in [3.63, 3.8) is 0 Å². The van der Waals surface area contributed by atoms with Gasteiger partial charge in [0.25, 0.3) is 0 Å². The number of hydrogen-bond acceptors (Lipinski definition) is 1. The summed E-state index contributed by atoms with van der Waals surface area (Å²) in [5, 5.41) is 8.05. The monoisotopic (exact) mass is 246 g/mol. The highest BCUT2D eigenvalue weighted by atomic mass is 19.5. The second kappa shape index (κ2) is 5.34. The van der Waals surface area contributed by atoms with E-state index in [2.05, 4.69) is 4.98 Å². The molecular formula is C6H2BF7N2. The average molecular weight is 246 g/mol. The van der Waals surface area contributed by atoms with Crippen molar-refractivity contribution in [1.29, 1.82) is 5.39 Å². The fourth-order valence-corrected chi connectivity index (χ4v) is 0.600. The number of halogens is 7. The van der Waals surface area contributed by atoms with Crippen LogP contribution in [0.1, 0.15) is 0 Å². The summed E-state index contributed by atoms with van der Waals surface area (Å²) >= 11 is 0. The molecule has 0 aliphatic carbocycles. The van der Waals surface area contributed by atoms with Crippen molar-refractivity contribution in [3.8, 4) is 0 Å². The second-order valence-electron chi connectivity index (χ2n) is 2.32. The Morgan fingerprint density at radius 3 is 1.50 bits per heavy atom. The van der Waals surface area contributed by atoms with Crippen LogP contribution in [0, 0.1) is 22.8 Å². The zero-order valence-corrected chi connectivity index (χ0v) is 7.27. The van der Waals surface area contributed by atoms with Gasteiger partial charge in [-0.2, -0.15) is 0 Å². The number of nitrogens with zero attached hydrogens (tertiary/aromatic N) is 2. The minimum atomic E-state index is -6.00. The van der Waals surface area contributed by atoms with Crippen molar-refractivity contribution in [1.82, 2.24) is 0 Å². The van der Waals surface area contributed by atoms with Crippen molar-refractivity contribution in [2.24, 2.45) is 0 Å². The first-order chi connectivity index (χ1) is 7.15. The topological polar surface area (TPSA) is 28.1 Å². The number of rotatable bonds is 0. The summed E-state index contributed by atoms with van der Waals surface area (Å²) in [7, 11) is -6.00. The Morgan fingerprint density at radius 1 is 0.938 bits per heavy atom. The normalized spacial score (nSPS) is 10.1. The third-order valence-electron chi connectivity index (χ3n) is 1.08. The molecule has 0 atom stereocenters. The first-order valence-electron chi connectivity index (χ1n) is 3.52. The number of benzene rings is 1. The summed E-state index contributed by atoms with van der Waals surface area (Å²) in [6, 6.07) is 1.16. The molecule has 0 aliphatic rings. The molecule has 0 amide bonds. The standard InChI is InChI=1S/C6H2F3N2.BF4/c7-4-1-3(11-10)2-5(8)6(4)9;2-1(3,4)5/h1-2H;/q+1;-1. The first-order valence-corrected chi connectivity index (χ1v) is 3.52. The summed E-state index contributed by atoms with van der Waals surface area (Å²) in [6.45, 7) is 0. The van der Waals surface area contributed by atoms with Crippen molar-refractivity contribution in [2.75, 3.05) is 0 Å². The largest absolute Gasteiger partial charge is 0.673 e. The molecule has 0 heterocycles. The summed E-state index contributed by atoms with van der Waals surface area (Å²) in [5.41, 5.74) is -0.360. The molecule has 0 spiro atoms. The van der Waals surface area contributed by atoms with Gasteiger partial charge in [0.2, 0.25) is 5.39 Å². The van der Waals surface area contributed by atoms with Gasteiger partial charge >= 0.3 is 12.9 Å². The van der Waals surface area contributed by atoms with E-state index in [1.165, 1.54) is 0 Å². The molecule has 0 bridgehead atoms. The van der Waals surface area contributed by atoms with Gasteiger partial charge in [-0.25, -0.2) is 13.2 Å². The highest BCUT2D eigenvalue weighted by molar-refractivity contribution is 6.50. The number of diazo groups is 1. The van der Waals surface area contributed by atoms with E-state index in [0.717, 1.165) is 0 Å². The molecule has 0 N–H and O–H groups in total. The van der Waals surface area contributed by atoms with Gasteiger partial charge in [-0.05, 0) is 0 Å². The van der Waals surface area contributed by atoms with Crippen LogP contribution in [0.3, 0.4) is 0 Å². The lowest BCUT2D eigenvalue weighted by Crippen LogP contribution is -2.02. The molecule has 1 rings (SSSR count). The minimum Gasteiger partial charge on any atom is -0.418 e. The molecule has 16 heavy (non-hydrogen) atoms. The highest BCUT2D eigenvalue weighted by Crippen LogP contribution is 2.19. The van der Waals surface area contributed by atoms with Crippen LogP contribution in [0.5, 0.6) is 0 Å². The Kier molecular flexibility index (Phi) is 4.74. The molecule has 2 nitrogen and oxygen atoms in total. The Bertz CT molecular complexity index is 381. The van der Waals surface area contributed by atoms with Crippen LogP contribution < -0.4 is 0 Å². The van der Waals surface area contributed by atoms with Crippen LogP contribution in [-0.4, -0.2) is 7.25 Å². The lowest BCUT2D eigenvalue weighted by Gasteiger charge is -1.94. The van der Waals surface area contributed by atoms with E-state index in [4.69, 9.17) is 5.39 Å². The lowest BCUT2D eigenvalue weighted by atomic mass is 10.3. The van der Waals surface area contributed by atoms with Gasteiger partial charge in [-0.15, -0.1) is 0 Å². The fourth-order valence-electron chi connectivity index (χ4n) is 0.600. The Balaban J connectivity index is 0.000000385. The van der Waals surface area contributed by atoms with Crippen LogP contribution in [0.15, 0.2) is 12.1 Å². The first kappa shape index (κ1) is 14.2. The quantitative estimate of drug-likeness (QED) is 0.295. The molecule has 0 fully saturated rings. The zero-order chi connectivity index (χ0) is 12.9. The maximum Gasteiger partial charge on any atom is 0.673 e. The van der Waals surface area contributed by atoms with Gasteiger partial charge in [0.1, 0.15) is 0 Å². The molecule has 0 saturated carbocycles. The van der Waals surface area contributed by atoms with Gasteiger partial charge < -0.3 is 17.3 Å². The Hall–Kier alpha value is -1.79. The van der Waals surface area contributed by atoms with E-state index < -0.39 is 24.7 Å². The molecule has 1 aromatic rings. The van der Waals surface area contributed by atoms with Crippen molar-refractivity contribution in [2.45, 2.75) is 0 Å². The van der Waals surface area contributed by atoms with E-state index >= 15 is 0 Å². The Morgan fingerprint density at radius 2 is 1.25 bits per heavy atom. The maximum absolute atomic E-state index is 12.2. The van der Waals surface area contributed by atoms with E-state index in [9.17, 15) is 30.4 Å². The molecule has 88 valence electrons. The van der Waals surface area contributed by atoms with Crippen LogP contribution >= 0.6 is 0 Å². The summed E-state index contributed by atoms with van der Waals surface area (Å²) in [5.74, 6) is -4.33. The van der Waals surface area contributed by atoms with Crippen molar-refractivity contribution in [3.05, 3.63) is 34.6 Å². The predicted molar refractivity (Wildman–Crippen MR) is 41.2 cm³/mol. The molecule has 10 heteroatoms. The molecule has 0 saturated heterocycles. The van der Waals surface area contributed by atoms with Gasteiger partial charge in [0, 0.05) is 0 Å². The number of hydrogen-bond donors (Lipinski definition) is 0. The molecule has 1 aromatic carbocycles. The van der Waals surface area contributed by atoms with Crippen LogP contribution in [0.25, 0.3) is 4.98 Å². The minimum absolute atomic E-state index is 0.360. The van der Waals surface area contributed by atoms with Crippen molar-refractivity contribution < 1.29 is 30.4 Å². The van der Waals surface area contributed by atoms with Gasteiger partial charge in [-0.3, -0.25) is 0 Å². The molecule has 0 aromatic heterocycles. The third-order valence-corrected chi connectivity index (χ3v) is 1.08. The van der Waals surface area contributed by atoms with Crippen LogP contribution in [0.2, 0.25) is 0 Å². The summed E-state index contributed by atoms with van der Waals surface area (Å²) in [6.07, 6.45) is 0. The lowest BCUT2D eigenvalue weighted by molar-refractivity contribution is 0.368. The maximum atomic E-state index is 12.2. The third kappa shape index (κ3) is 5.84. The van der Waals surface area contributed by atoms with Crippen molar-refractivity contribution >= 4 is 12.9 Å². The summed E-state index contributed by atoms with van der Waals surface area (Å²) in [4.78, 5) is 2.49. The van der Waals surface area contributed by atoms with E-state index in [0.29, 0.717) is 12.1 Å². The highest BCUT2D eigenvalue weighted by Gasteiger charge is 2.20. The molecule has 0 unspecified atom stereocenters. The second-order valence-corrected chi connectivity index (χ2v) is 2.32. The summed E-state index contributed by atoms with van der Waals surface area (Å²) < 4.78 is 75.7. The fraction of sp³-hybridized carbons (Fsp3) is 0. The zero-order valence-electron chi connectivity index (χ0n) is 7.27. The van der Waals surface area contributed by atoms with Crippen LogP contribution in [-0.2, 0) is 0 Å². The van der Waals surface area contributed by atoms with Crippen LogP contribution in [0.4, 0.5) is 36.1 Å². The smallest absolute Gasteiger partial charge is 0.418 e. The van der Waals surface area contributed by atoms with Gasteiger partial charge in [0.05, 0.1) is 12.1 Å². The Labute approximate surface area is 84.4 Å². The van der Waals surface area contributed by atoms with E-state index in [1.807, 2.05) is 0 Å². The van der Waals surface area contributed by atoms with Gasteiger partial charge in [0.15, 0.2) is 22.4 Å². The molecule has 0 radical (unpaired) electrons. The van der Waals surface area contributed by atoms with Gasteiger partial charge in [-0.1, -0.05) is 0 Å². The van der Waals surface area contributed by atoms with E-state index in [-0.39, 0.29) is 5.69 Å². The average Bonchev–Trinajstić information content (AvgIpc) is 2.10. The predicted octanol–water partition coefficient (Wildman–Crippen LogP) is 3.89. The van der Waals surface area contributed by atoms with E-state index in [1.54, 1.807) is 0 Å². The SMILES string of the molecule is F[B-](F)(F)F.N#[N+]c1cc(F)c(F)c(F)c1. The molecule has 0 aliphatic heterocycles. The molecular weight excluding hydrogens is 244 g/mol.